The minimum absolute atomic E-state index is 0.199. The minimum atomic E-state index is -1.22. The Morgan fingerprint density at radius 2 is 1.78 bits per heavy atom. The number of hydrogen-bond acceptors (Lipinski definition) is 3. The molecule has 1 aromatic rings. The van der Waals surface area contributed by atoms with Crippen molar-refractivity contribution >= 4 is 40.1 Å². The van der Waals surface area contributed by atoms with Crippen LogP contribution < -0.4 is 0 Å². The predicted molar refractivity (Wildman–Crippen MR) is 74.5 cm³/mol. The fraction of sp³-hybridized carbons (Fsp3) is 0.154. The maximum Gasteiger partial charge on any atom is 0.331 e. The molecule has 0 radical (unpaired) electrons. The molecule has 0 saturated heterocycles. The SMILES string of the molecule is C=C(CC(=O)CC(=O)c1ccccc1I)C(=O)O. The Labute approximate surface area is 118 Å². The fourth-order valence-electron chi connectivity index (χ4n) is 1.34. The molecule has 0 spiro atoms. The Balaban J connectivity index is 2.66. The third-order valence-electron chi connectivity index (χ3n) is 2.24. The zero-order valence-electron chi connectivity index (χ0n) is 9.48. The number of carbonyl (C=O) groups is 3. The van der Waals surface area contributed by atoms with Crippen molar-refractivity contribution in [3.8, 4) is 0 Å². The van der Waals surface area contributed by atoms with Crippen LogP contribution in [0.2, 0.25) is 0 Å². The summed E-state index contributed by atoms with van der Waals surface area (Å²) >= 11 is 2.01. The standard InChI is InChI=1S/C13H11IO4/c1-8(13(17)18)6-9(15)7-12(16)10-4-2-3-5-11(10)14/h2-5H,1,6-7H2,(H,17,18). The van der Waals surface area contributed by atoms with Gasteiger partial charge in [-0.2, -0.15) is 0 Å². The van der Waals surface area contributed by atoms with Crippen molar-refractivity contribution in [2.75, 3.05) is 0 Å². The first kappa shape index (κ1) is 14.6. The molecular weight excluding hydrogens is 347 g/mol. The molecule has 0 bridgehead atoms. The highest BCUT2D eigenvalue weighted by Gasteiger charge is 2.16. The van der Waals surface area contributed by atoms with Crippen LogP contribution in [0.4, 0.5) is 0 Å². The highest BCUT2D eigenvalue weighted by atomic mass is 127. The van der Waals surface area contributed by atoms with Gasteiger partial charge < -0.3 is 5.11 Å². The van der Waals surface area contributed by atoms with Crippen LogP contribution in [-0.2, 0) is 9.59 Å². The summed E-state index contributed by atoms with van der Waals surface area (Å²) in [5.74, 6) is -1.96. The van der Waals surface area contributed by atoms with Gasteiger partial charge in [0.25, 0.3) is 0 Å². The van der Waals surface area contributed by atoms with Crippen molar-refractivity contribution in [1.82, 2.24) is 0 Å². The molecule has 0 aliphatic rings. The maximum atomic E-state index is 11.8. The van der Waals surface area contributed by atoms with Gasteiger partial charge in [-0.3, -0.25) is 9.59 Å². The number of Topliss-reactive ketones (excluding diaryl/α,β-unsaturated/α-hetero) is 2. The Hall–Kier alpha value is -1.50. The van der Waals surface area contributed by atoms with E-state index in [1.54, 1.807) is 24.3 Å². The van der Waals surface area contributed by atoms with E-state index in [-0.39, 0.29) is 24.2 Å². The lowest BCUT2D eigenvalue weighted by molar-refractivity contribution is -0.133. The summed E-state index contributed by atoms with van der Waals surface area (Å²) in [6.07, 6.45) is -0.600. The molecule has 4 nitrogen and oxygen atoms in total. The fourth-order valence-corrected chi connectivity index (χ4v) is 2.03. The van der Waals surface area contributed by atoms with E-state index in [1.165, 1.54) is 0 Å². The van der Waals surface area contributed by atoms with E-state index in [9.17, 15) is 14.4 Å². The second-order valence-corrected chi connectivity index (χ2v) is 4.87. The van der Waals surface area contributed by atoms with Crippen LogP contribution in [0.3, 0.4) is 0 Å². The number of benzene rings is 1. The van der Waals surface area contributed by atoms with Crippen LogP contribution in [-0.4, -0.2) is 22.6 Å². The molecule has 0 aliphatic carbocycles. The molecule has 0 heterocycles. The van der Waals surface area contributed by atoms with E-state index in [4.69, 9.17) is 5.11 Å². The van der Waals surface area contributed by atoms with Crippen molar-refractivity contribution < 1.29 is 19.5 Å². The third kappa shape index (κ3) is 4.06. The summed E-state index contributed by atoms with van der Waals surface area (Å²) < 4.78 is 0.768. The first-order chi connectivity index (χ1) is 8.41. The largest absolute Gasteiger partial charge is 0.478 e. The zero-order valence-corrected chi connectivity index (χ0v) is 11.6. The van der Waals surface area contributed by atoms with Gasteiger partial charge in [-0.25, -0.2) is 4.79 Å². The van der Waals surface area contributed by atoms with Crippen molar-refractivity contribution in [2.24, 2.45) is 0 Å². The van der Waals surface area contributed by atoms with Crippen LogP contribution in [0.1, 0.15) is 23.2 Å². The van der Waals surface area contributed by atoms with Gasteiger partial charge in [0.2, 0.25) is 0 Å². The van der Waals surface area contributed by atoms with Crippen LogP contribution in [0.15, 0.2) is 36.4 Å². The summed E-state index contributed by atoms with van der Waals surface area (Å²) in [6, 6.07) is 6.93. The number of hydrogen-bond donors (Lipinski definition) is 1. The minimum Gasteiger partial charge on any atom is -0.478 e. The van der Waals surface area contributed by atoms with Crippen LogP contribution in [0, 0.1) is 3.57 Å². The van der Waals surface area contributed by atoms with Gasteiger partial charge in [0, 0.05) is 21.1 Å². The topological polar surface area (TPSA) is 71.4 Å². The van der Waals surface area contributed by atoms with E-state index in [0.717, 1.165) is 3.57 Å². The van der Waals surface area contributed by atoms with Crippen molar-refractivity contribution in [1.29, 1.82) is 0 Å². The van der Waals surface area contributed by atoms with Crippen LogP contribution in [0.25, 0.3) is 0 Å². The molecule has 0 amide bonds. The smallest absolute Gasteiger partial charge is 0.331 e. The van der Waals surface area contributed by atoms with Gasteiger partial charge >= 0.3 is 5.97 Å². The summed E-state index contributed by atoms with van der Waals surface area (Å²) in [7, 11) is 0. The van der Waals surface area contributed by atoms with E-state index in [0.29, 0.717) is 5.56 Å². The van der Waals surface area contributed by atoms with E-state index < -0.39 is 11.8 Å². The summed E-state index contributed by atoms with van der Waals surface area (Å²) in [5, 5.41) is 8.59. The van der Waals surface area contributed by atoms with Crippen LogP contribution >= 0.6 is 22.6 Å². The van der Waals surface area contributed by atoms with Gasteiger partial charge in [-0.15, -0.1) is 0 Å². The van der Waals surface area contributed by atoms with Gasteiger partial charge in [0.15, 0.2) is 5.78 Å². The molecule has 0 atom stereocenters. The zero-order chi connectivity index (χ0) is 13.7. The second-order valence-electron chi connectivity index (χ2n) is 3.70. The molecule has 5 heteroatoms. The van der Waals surface area contributed by atoms with Gasteiger partial charge in [0.1, 0.15) is 5.78 Å². The van der Waals surface area contributed by atoms with Gasteiger partial charge in [0.05, 0.1) is 6.42 Å². The monoisotopic (exact) mass is 358 g/mol. The normalized spacial score (nSPS) is 9.83. The quantitative estimate of drug-likeness (QED) is 0.367. The Morgan fingerprint density at radius 1 is 1.17 bits per heavy atom. The van der Waals surface area contributed by atoms with Crippen molar-refractivity contribution in [3.05, 3.63) is 45.6 Å². The van der Waals surface area contributed by atoms with Gasteiger partial charge in [-0.1, -0.05) is 24.8 Å². The van der Waals surface area contributed by atoms with Crippen LogP contribution in [0.5, 0.6) is 0 Å². The number of carbonyl (C=O) groups excluding carboxylic acids is 2. The number of halogens is 1. The summed E-state index contributed by atoms with van der Waals surface area (Å²) in [5.41, 5.74) is 0.281. The number of ketones is 2. The average Bonchev–Trinajstić information content (AvgIpc) is 2.28. The lowest BCUT2D eigenvalue weighted by atomic mass is 10.0. The molecule has 0 fully saturated rings. The lowest BCUT2D eigenvalue weighted by Gasteiger charge is -2.03. The second kappa shape index (κ2) is 6.44. The molecule has 0 aromatic heterocycles. The van der Waals surface area contributed by atoms with E-state index in [2.05, 4.69) is 6.58 Å². The van der Waals surface area contributed by atoms with Crippen molar-refractivity contribution in [3.63, 3.8) is 0 Å². The highest BCUT2D eigenvalue weighted by Crippen LogP contribution is 2.14. The lowest BCUT2D eigenvalue weighted by Crippen LogP contribution is -2.12. The molecule has 0 unspecified atom stereocenters. The molecule has 94 valence electrons. The first-order valence-electron chi connectivity index (χ1n) is 5.12. The highest BCUT2D eigenvalue weighted by molar-refractivity contribution is 14.1. The maximum absolute atomic E-state index is 11.8. The molecule has 1 rings (SSSR count). The third-order valence-corrected chi connectivity index (χ3v) is 3.19. The predicted octanol–water partition coefficient (Wildman–Crippen LogP) is 2.46. The number of carboxylic acid groups (broad SMARTS) is 1. The molecule has 1 aromatic carbocycles. The van der Waals surface area contributed by atoms with Crippen molar-refractivity contribution in [2.45, 2.75) is 12.8 Å². The molecule has 1 N–H and O–H groups in total. The number of rotatable bonds is 6. The average molecular weight is 358 g/mol. The number of carboxylic acids is 1. The Kier molecular flexibility index (Phi) is 5.21. The van der Waals surface area contributed by atoms with E-state index in [1.807, 2.05) is 22.6 Å². The molecule has 0 aliphatic heterocycles. The first-order valence-corrected chi connectivity index (χ1v) is 6.20. The molecular formula is C13H11IO4. The number of aliphatic carboxylic acids is 1. The Bertz CT molecular complexity index is 519. The van der Waals surface area contributed by atoms with Gasteiger partial charge in [-0.05, 0) is 28.7 Å². The Morgan fingerprint density at radius 3 is 2.33 bits per heavy atom. The summed E-state index contributed by atoms with van der Waals surface area (Å²) in [6.45, 7) is 3.26. The van der Waals surface area contributed by atoms with E-state index >= 15 is 0 Å². The molecule has 0 saturated carbocycles. The summed E-state index contributed by atoms with van der Waals surface area (Å²) in [4.78, 5) is 33.8. The molecule has 18 heavy (non-hydrogen) atoms.